The zero-order chi connectivity index (χ0) is 5.66. The summed E-state index contributed by atoms with van der Waals surface area (Å²) in [6.07, 6.45) is 0. The minimum Gasteiger partial charge on any atom is -0.638 e. The Hall–Kier alpha value is 1.42. The second-order valence-electron chi connectivity index (χ2n) is 1.64. The van der Waals surface area contributed by atoms with Gasteiger partial charge in [0.25, 0.3) is 0 Å². The van der Waals surface area contributed by atoms with Crippen LogP contribution in [0.25, 0.3) is 5.32 Å². The van der Waals surface area contributed by atoms with Crippen LogP contribution in [-0.2, 0) is 21.7 Å². The number of nitrogens with zero attached hydrogens (tertiary/aromatic N) is 1. The normalized spacial score (nSPS) is 12.8. The van der Waals surface area contributed by atoms with Gasteiger partial charge in [-0.3, -0.25) is 5.32 Å². The topological polar surface area (TPSA) is 50.2 Å². The molecule has 1 heterocycles. The molecule has 0 aromatic heterocycles. The Balaban J connectivity index is -0.0000000183. The fourth-order valence-electron chi connectivity index (χ4n) is 0.565. The first-order valence-corrected chi connectivity index (χ1v) is 2.75. The van der Waals surface area contributed by atoms with Crippen molar-refractivity contribution in [2.75, 3.05) is 26.7 Å². The Morgan fingerprint density at radius 2 is 1.00 bits per heavy atom. The molecule has 1 aliphatic heterocycles. The predicted molar refractivity (Wildman–Crippen MR) is 73.2 cm³/mol. The van der Waals surface area contributed by atoms with E-state index in [-0.39, 0.29) is 81.2 Å². The Morgan fingerprint density at radius 1 is 0.667 bits per heavy atom. The smallest absolute Gasteiger partial charge is 0.638 e. The van der Waals surface area contributed by atoms with E-state index in [1.807, 2.05) is 0 Å². The molecule has 0 amide bonds. The largest absolute Gasteiger partial charge is 4.00 e. The van der Waals surface area contributed by atoms with Crippen LogP contribution in [0.15, 0.2) is 0 Å². The second kappa shape index (κ2) is 36.1. The van der Waals surface area contributed by atoms with Crippen molar-refractivity contribution in [3.63, 3.8) is 0 Å². The van der Waals surface area contributed by atoms with Gasteiger partial charge in [0.15, 0.2) is 0 Å². The first-order chi connectivity index (χ1) is 4.00. The summed E-state index contributed by atoms with van der Waals surface area (Å²) in [7, 11) is 0. The Kier molecular flexibility index (Phi) is 106. The quantitative estimate of drug-likeness (QED) is 0.470. The SMILES string of the molecule is C1[N-]CNCNCN1.Cl.Cl.Cl.[CH3-].[CH3-].[CH3-].[Ti+4]. The van der Waals surface area contributed by atoms with Gasteiger partial charge in [-0.25, -0.2) is 0 Å². The summed E-state index contributed by atoms with van der Waals surface area (Å²) in [5, 5.41) is 13.3. The molecular weight excluding hydrogens is 294 g/mol. The first kappa shape index (κ1) is 44.0. The van der Waals surface area contributed by atoms with Crippen molar-refractivity contribution in [2.45, 2.75) is 0 Å². The van der Waals surface area contributed by atoms with Gasteiger partial charge in [-0.15, -0.1) is 37.2 Å². The summed E-state index contributed by atoms with van der Waals surface area (Å²) in [6, 6.07) is 0. The molecule has 4 nitrogen and oxygen atoms in total. The van der Waals surface area contributed by atoms with Gasteiger partial charge in [-0.05, 0) is 0 Å². The zero-order valence-corrected chi connectivity index (χ0v) is 13.5. The molecule has 0 unspecified atom stereocenters. The van der Waals surface area contributed by atoms with Gasteiger partial charge in [0, 0.05) is 13.3 Å². The number of hydrogen-bond acceptors (Lipinski definition) is 3. The van der Waals surface area contributed by atoms with Crippen LogP contribution in [0.4, 0.5) is 0 Å². The van der Waals surface area contributed by atoms with Gasteiger partial charge < -0.3 is 38.2 Å². The maximum atomic E-state index is 4.07. The van der Waals surface area contributed by atoms with Gasteiger partial charge in [-0.2, -0.15) is 0 Å². The van der Waals surface area contributed by atoms with E-state index < -0.39 is 0 Å². The summed E-state index contributed by atoms with van der Waals surface area (Å²) in [5.41, 5.74) is 0. The van der Waals surface area contributed by atoms with E-state index in [1.165, 1.54) is 0 Å². The molecule has 15 heavy (non-hydrogen) atoms. The number of hydrogen-bond donors (Lipinski definition) is 3. The Bertz CT molecular complexity index is 50.2. The summed E-state index contributed by atoms with van der Waals surface area (Å²) >= 11 is 0. The molecule has 1 rings (SSSR count). The molecule has 0 bridgehead atoms. The molecule has 0 aromatic rings. The molecular formula is C7H23Cl3N4Ti. The van der Waals surface area contributed by atoms with Crippen molar-refractivity contribution >= 4 is 37.2 Å². The monoisotopic (exact) mass is 316 g/mol. The van der Waals surface area contributed by atoms with E-state index >= 15 is 0 Å². The van der Waals surface area contributed by atoms with E-state index in [4.69, 9.17) is 0 Å². The summed E-state index contributed by atoms with van der Waals surface area (Å²) in [5.74, 6) is 0. The van der Waals surface area contributed by atoms with E-state index in [2.05, 4.69) is 21.3 Å². The minimum absolute atomic E-state index is 0. The van der Waals surface area contributed by atoms with Crippen molar-refractivity contribution in [1.29, 1.82) is 0 Å². The average molecular weight is 318 g/mol. The van der Waals surface area contributed by atoms with Crippen molar-refractivity contribution in [3.8, 4) is 0 Å². The van der Waals surface area contributed by atoms with Crippen molar-refractivity contribution in [3.05, 3.63) is 27.6 Å². The van der Waals surface area contributed by atoms with Crippen LogP contribution in [0.1, 0.15) is 0 Å². The fourth-order valence-corrected chi connectivity index (χ4v) is 0.565. The maximum absolute atomic E-state index is 4.07. The van der Waals surface area contributed by atoms with Crippen LogP contribution in [0, 0.1) is 22.3 Å². The number of halogens is 3. The van der Waals surface area contributed by atoms with E-state index in [0.29, 0.717) is 0 Å². The summed E-state index contributed by atoms with van der Waals surface area (Å²) in [6.45, 7) is 3.19. The zero-order valence-electron chi connectivity index (χ0n) is 9.50. The molecule has 0 aromatic carbocycles. The van der Waals surface area contributed by atoms with Gasteiger partial charge in [-0.1, -0.05) is 13.3 Å². The van der Waals surface area contributed by atoms with Crippen molar-refractivity contribution < 1.29 is 21.7 Å². The molecule has 0 radical (unpaired) electrons. The maximum Gasteiger partial charge on any atom is 4.00 e. The van der Waals surface area contributed by atoms with Crippen molar-refractivity contribution in [1.82, 2.24) is 16.0 Å². The Labute approximate surface area is 129 Å². The third-order valence-electron chi connectivity index (χ3n) is 0.947. The van der Waals surface area contributed by atoms with E-state index in [1.54, 1.807) is 0 Å². The third kappa shape index (κ3) is 31.3. The van der Waals surface area contributed by atoms with Crippen LogP contribution in [0.2, 0.25) is 0 Å². The van der Waals surface area contributed by atoms with Crippen LogP contribution in [0.5, 0.6) is 0 Å². The van der Waals surface area contributed by atoms with E-state index in [0.717, 1.165) is 26.7 Å². The van der Waals surface area contributed by atoms with Gasteiger partial charge in [0.05, 0.1) is 0 Å². The minimum atomic E-state index is 0. The molecule has 96 valence electrons. The number of rotatable bonds is 0. The molecule has 1 aliphatic rings. The molecule has 0 spiro atoms. The van der Waals surface area contributed by atoms with Gasteiger partial charge in [0.1, 0.15) is 0 Å². The fraction of sp³-hybridized carbons (Fsp3) is 0.571. The standard InChI is InChI=1S/C4H11N4.3CH3.3ClH.Ti/c1-5-2-7-4-8-3-6-1;;;;;;;/h5-7H,1-4H2;3*1H3;3*1H;/q4*-1;;;;+4. The molecule has 3 N–H and O–H groups in total. The molecule has 0 saturated carbocycles. The van der Waals surface area contributed by atoms with Crippen LogP contribution >= 0.6 is 37.2 Å². The van der Waals surface area contributed by atoms with Gasteiger partial charge in [0.2, 0.25) is 0 Å². The molecule has 8 heteroatoms. The van der Waals surface area contributed by atoms with E-state index in [9.17, 15) is 0 Å². The number of nitrogens with one attached hydrogen (secondary N) is 3. The molecule has 1 saturated heterocycles. The first-order valence-electron chi connectivity index (χ1n) is 2.75. The Morgan fingerprint density at radius 3 is 1.33 bits per heavy atom. The third-order valence-corrected chi connectivity index (χ3v) is 0.947. The molecule has 1 fully saturated rings. The average Bonchev–Trinajstić information content (AvgIpc) is 1.62. The summed E-state index contributed by atoms with van der Waals surface area (Å²) in [4.78, 5) is 0. The predicted octanol–water partition coefficient (Wildman–Crippen LogP) is 1.59. The van der Waals surface area contributed by atoms with Crippen molar-refractivity contribution in [2.24, 2.45) is 0 Å². The molecule has 0 aliphatic carbocycles. The second-order valence-corrected chi connectivity index (χ2v) is 1.64. The molecule has 0 atom stereocenters. The van der Waals surface area contributed by atoms with Crippen LogP contribution in [-0.4, -0.2) is 26.7 Å². The van der Waals surface area contributed by atoms with Crippen LogP contribution < -0.4 is 16.0 Å². The van der Waals surface area contributed by atoms with Gasteiger partial charge >= 0.3 is 21.7 Å². The van der Waals surface area contributed by atoms with Crippen LogP contribution in [0.3, 0.4) is 0 Å². The summed E-state index contributed by atoms with van der Waals surface area (Å²) < 4.78 is 0.